The molecular formula is C28H30ClNO6. The van der Waals surface area contributed by atoms with Crippen molar-refractivity contribution in [3.63, 3.8) is 0 Å². The van der Waals surface area contributed by atoms with E-state index in [1.807, 2.05) is 31.2 Å². The van der Waals surface area contributed by atoms with Crippen LogP contribution in [0.5, 0.6) is 11.5 Å². The number of esters is 1. The van der Waals surface area contributed by atoms with E-state index in [9.17, 15) is 14.7 Å². The summed E-state index contributed by atoms with van der Waals surface area (Å²) in [5, 5.41) is 10.9. The van der Waals surface area contributed by atoms with Crippen molar-refractivity contribution < 1.29 is 28.9 Å². The molecule has 2 aromatic rings. The molecule has 1 aliphatic heterocycles. The van der Waals surface area contributed by atoms with Crippen LogP contribution in [0.3, 0.4) is 0 Å². The molecule has 0 radical (unpaired) electrons. The number of carbonyl (C=O) groups excluding carboxylic acids is 2. The summed E-state index contributed by atoms with van der Waals surface area (Å²) in [6.45, 7) is 4.30. The largest absolute Gasteiger partial charge is 0.504 e. The van der Waals surface area contributed by atoms with Gasteiger partial charge in [-0.3, -0.25) is 9.79 Å². The van der Waals surface area contributed by atoms with Crippen LogP contribution in [0.1, 0.15) is 49.7 Å². The zero-order valence-corrected chi connectivity index (χ0v) is 21.4. The number of nitrogens with zero attached hydrogens (tertiary/aromatic N) is 1. The minimum atomic E-state index is -0.610. The van der Waals surface area contributed by atoms with Gasteiger partial charge < -0.3 is 19.3 Å². The number of fused-ring (bicyclic) bond motifs is 1. The van der Waals surface area contributed by atoms with Crippen molar-refractivity contribution in [3.8, 4) is 11.5 Å². The first-order valence-electron chi connectivity index (χ1n) is 12.0. The molecule has 0 aromatic heterocycles. The number of aromatic hydroxyl groups is 1. The summed E-state index contributed by atoms with van der Waals surface area (Å²) in [6, 6.07) is 12.5. The number of hydrogen-bond donors (Lipinski definition) is 1. The van der Waals surface area contributed by atoms with Crippen LogP contribution >= 0.6 is 11.6 Å². The van der Waals surface area contributed by atoms with Crippen molar-refractivity contribution in [2.24, 2.45) is 10.9 Å². The molecule has 0 spiro atoms. The van der Waals surface area contributed by atoms with Crippen LogP contribution in [0.4, 0.5) is 0 Å². The molecule has 1 saturated carbocycles. The van der Waals surface area contributed by atoms with Gasteiger partial charge in [0.05, 0.1) is 24.7 Å². The molecule has 2 aliphatic rings. The number of benzene rings is 2. The summed E-state index contributed by atoms with van der Waals surface area (Å²) in [6.07, 6.45) is 0.914. The Bertz CT molecular complexity index is 1200. The molecule has 1 unspecified atom stereocenters. The Labute approximate surface area is 215 Å². The third-order valence-corrected chi connectivity index (χ3v) is 6.93. The SMILES string of the molecule is CCOc1cc([C@@H]2C(C(=O)OCCOC)=C(C)N=C3C[C@H](c4ccc(Cl)cc4)CC(=O)C32)ccc1O. The molecular weight excluding hydrogens is 482 g/mol. The van der Waals surface area contributed by atoms with Gasteiger partial charge in [-0.05, 0) is 61.6 Å². The standard InChI is InChI=1S/C28H30ClNO6/c1-4-35-24-15-18(7-10-22(24)31)26-25(28(33)36-12-11-34-3)16(2)30-21-13-19(14-23(32)27(21)26)17-5-8-20(29)9-6-17/h5-10,15,19,26-27,31H,4,11-14H2,1-3H3/t19-,26+,27?/m0/s1. The Kier molecular flexibility index (Phi) is 8.11. The summed E-state index contributed by atoms with van der Waals surface area (Å²) in [5.74, 6) is -1.47. The highest BCUT2D eigenvalue weighted by atomic mass is 35.5. The van der Waals surface area contributed by atoms with Crippen molar-refractivity contribution in [3.05, 3.63) is 69.9 Å². The molecule has 1 fully saturated rings. The topological polar surface area (TPSA) is 94.4 Å². The number of phenols is 1. The van der Waals surface area contributed by atoms with Gasteiger partial charge in [0.15, 0.2) is 11.5 Å². The molecule has 2 aromatic carbocycles. The van der Waals surface area contributed by atoms with E-state index in [0.29, 0.717) is 47.1 Å². The lowest BCUT2D eigenvalue weighted by Crippen LogP contribution is -2.41. The molecule has 1 heterocycles. The normalized spacial score (nSPS) is 21.6. The van der Waals surface area contributed by atoms with E-state index >= 15 is 0 Å². The van der Waals surface area contributed by atoms with Gasteiger partial charge in [0, 0.05) is 35.9 Å². The molecule has 3 atom stereocenters. The zero-order chi connectivity index (χ0) is 25.8. The first kappa shape index (κ1) is 25.9. The van der Waals surface area contributed by atoms with Gasteiger partial charge in [0.2, 0.25) is 0 Å². The maximum atomic E-state index is 13.7. The van der Waals surface area contributed by atoms with Gasteiger partial charge in [0.1, 0.15) is 12.4 Å². The lowest BCUT2D eigenvalue weighted by Gasteiger charge is -2.38. The Morgan fingerprint density at radius 3 is 2.50 bits per heavy atom. The third-order valence-electron chi connectivity index (χ3n) is 6.68. The maximum absolute atomic E-state index is 13.7. The Morgan fingerprint density at radius 2 is 1.81 bits per heavy atom. The predicted octanol–water partition coefficient (Wildman–Crippen LogP) is 5.21. The lowest BCUT2D eigenvalue weighted by atomic mass is 9.66. The fourth-order valence-corrected chi connectivity index (χ4v) is 5.19. The zero-order valence-electron chi connectivity index (χ0n) is 20.6. The summed E-state index contributed by atoms with van der Waals surface area (Å²) in [5.41, 5.74) is 3.31. The van der Waals surface area contributed by atoms with E-state index in [0.717, 1.165) is 11.3 Å². The Balaban J connectivity index is 1.77. The number of ketones is 1. The molecule has 190 valence electrons. The Morgan fingerprint density at radius 1 is 1.08 bits per heavy atom. The second kappa shape index (κ2) is 11.3. The molecule has 7 nitrogen and oxygen atoms in total. The van der Waals surface area contributed by atoms with Gasteiger partial charge in [-0.15, -0.1) is 0 Å². The number of aliphatic imine (C=N–C) groups is 1. The van der Waals surface area contributed by atoms with Crippen LogP contribution < -0.4 is 4.74 Å². The first-order chi connectivity index (χ1) is 17.3. The number of allylic oxidation sites excluding steroid dienone is 1. The minimum Gasteiger partial charge on any atom is -0.504 e. The number of hydrogen-bond acceptors (Lipinski definition) is 7. The second-order valence-electron chi connectivity index (χ2n) is 8.97. The Hall–Kier alpha value is -3.16. The van der Waals surface area contributed by atoms with Crippen LogP contribution in [0.2, 0.25) is 5.02 Å². The lowest BCUT2D eigenvalue weighted by molar-refractivity contribution is -0.140. The van der Waals surface area contributed by atoms with Crippen LogP contribution in [0.15, 0.2) is 58.7 Å². The van der Waals surface area contributed by atoms with Crippen molar-refractivity contribution in [2.75, 3.05) is 26.9 Å². The fourth-order valence-electron chi connectivity index (χ4n) is 5.06. The maximum Gasteiger partial charge on any atom is 0.336 e. The number of halogens is 1. The van der Waals surface area contributed by atoms with Crippen LogP contribution in [-0.2, 0) is 19.1 Å². The van der Waals surface area contributed by atoms with Crippen molar-refractivity contribution in [2.45, 2.75) is 38.5 Å². The number of ether oxygens (including phenoxy) is 3. The fraction of sp³-hybridized carbons (Fsp3) is 0.393. The van der Waals surface area contributed by atoms with E-state index in [2.05, 4.69) is 0 Å². The van der Waals surface area contributed by atoms with E-state index in [1.165, 1.54) is 13.2 Å². The summed E-state index contributed by atoms with van der Waals surface area (Å²) in [7, 11) is 1.53. The van der Waals surface area contributed by atoms with Crippen molar-refractivity contribution in [1.82, 2.24) is 0 Å². The highest BCUT2D eigenvalue weighted by Gasteiger charge is 2.46. The number of rotatable bonds is 8. The van der Waals surface area contributed by atoms with E-state index in [4.69, 9.17) is 30.8 Å². The number of carbonyl (C=O) groups is 2. The van der Waals surface area contributed by atoms with E-state index < -0.39 is 17.8 Å². The highest BCUT2D eigenvalue weighted by Crippen LogP contribution is 2.47. The number of phenolic OH excluding ortho intramolecular Hbond substituents is 1. The molecule has 36 heavy (non-hydrogen) atoms. The summed E-state index contributed by atoms with van der Waals surface area (Å²) >= 11 is 6.06. The van der Waals surface area contributed by atoms with Crippen molar-refractivity contribution >= 4 is 29.1 Å². The summed E-state index contributed by atoms with van der Waals surface area (Å²) in [4.78, 5) is 31.7. The summed E-state index contributed by atoms with van der Waals surface area (Å²) < 4.78 is 16.1. The first-order valence-corrected chi connectivity index (χ1v) is 12.4. The molecule has 4 rings (SSSR count). The van der Waals surface area contributed by atoms with Crippen LogP contribution in [0, 0.1) is 5.92 Å². The van der Waals surface area contributed by atoms with Crippen LogP contribution in [-0.4, -0.2) is 49.5 Å². The van der Waals surface area contributed by atoms with Crippen molar-refractivity contribution in [1.29, 1.82) is 0 Å². The van der Waals surface area contributed by atoms with Gasteiger partial charge in [-0.2, -0.15) is 0 Å². The van der Waals surface area contributed by atoms with Gasteiger partial charge in [-0.25, -0.2) is 4.79 Å². The second-order valence-corrected chi connectivity index (χ2v) is 9.41. The smallest absolute Gasteiger partial charge is 0.336 e. The molecule has 0 amide bonds. The van der Waals surface area contributed by atoms with E-state index in [1.54, 1.807) is 19.1 Å². The molecule has 0 bridgehead atoms. The minimum absolute atomic E-state index is 0.00526. The monoisotopic (exact) mass is 511 g/mol. The number of Topliss-reactive ketones (excluding diaryl/α,β-unsaturated/α-hetero) is 1. The average Bonchev–Trinajstić information content (AvgIpc) is 2.85. The third kappa shape index (κ3) is 5.32. The highest BCUT2D eigenvalue weighted by molar-refractivity contribution is 6.30. The van der Waals surface area contributed by atoms with Gasteiger partial charge >= 0.3 is 5.97 Å². The molecule has 0 saturated heterocycles. The predicted molar refractivity (Wildman–Crippen MR) is 137 cm³/mol. The quantitative estimate of drug-likeness (QED) is 0.386. The van der Waals surface area contributed by atoms with Crippen LogP contribution in [0.25, 0.3) is 0 Å². The number of methoxy groups -OCH3 is 1. The van der Waals surface area contributed by atoms with E-state index in [-0.39, 0.29) is 30.7 Å². The van der Waals surface area contributed by atoms with Gasteiger partial charge in [0.25, 0.3) is 0 Å². The average molecular weight is 512 g/mol. The molecule has 8 heteroatoms. The molecule has 1 N–H and O–H groups in total. The molecule has 1 aliphatic carbocycles. The van der Waals surface area contributed by atoms with Gasteiger partial charge in [-0.1, -0.05) is 29.8 Å².